The van der Waals surface area contributed by atoms with Crippen molar-refractivity contribution < 1.29 is 13.2 Å². The topological polar surface area (TPSA) is 60.9 Å². The van der Waals surface area contributed by atoms with Crippen LogP contribution >= 0.6 is 15.9 Å². The van der Waals surface area contributed by atoms with Gasteiger partial charge in [0.2, 0.25) is 15.9 Å². The van der Waals surface area contributed by atoms with Crippen LogP contribution in [0.3, 0.4) is 0 Å². The molecular formula is C15H22BrN3O3S. The van der Waals surface area contributed by atoms with Crippen LogP contribution < -0.4 is 0 Å². The van der Waals surface area contributed by atoms with E-state index < -0.39 is 10.0 Å². The molecule has 0 saturated carbocycles. The van der Waals surface area contributed by atoms with Gasteiger partial charge in [0.1, 0.15) is 0 Å². The molecule has 0 aromatic heterocycles. The van der Waals surface area contributed by atoms with E-state index in [0.29, 0.717) is 31.1 Å². The molecule has 0 N–H and O–H groups in total. The molecule has 6 nitrogen and oxygen atoms in total. The summed E-state index contributed by atoms with van der Waals surface area (Å²) in [5.74, 6) is 0.0363. The Hall–Kier alpha value is -0.960. The van der Waals surface area contributed by atoms with Crippen LogP contribution in [0, 0.1) is 0 Å². The monoisotopic (exact) mass is 403 g/mol. The molecule has 1 fully saturated rings. The Morgan fingerprint density at radius 2 is 1.78 bits per heavy atom. The summed E-state index contributed by atoms with van der Waals surface area (Å²) in [6.07, 6.45) is 0.719. The van der Waals surface area contributed by atoms with Crippen molar-refractivity contribution in [1.82, 2.24) is 14.1 Å². The van der Waals surface area contributed by atoms with Crippen molar-refractivity contribution in [3.63, 3.8) is 0 Å². The lowest BCUT2D eigenvalue weighted by Crippen LogP contribution is -2.39. The first kappa shape index (κ1) is 18.4. The molecule has 8 heteroatoms. The molecule has 1 aliphatic heterocycles. The standard InChI is InChI=1S/C15H22BrN3O3S/c1-17(2)15(20)12-18-8-3-9-19(11-10-18)23(21,22)14-6-4-13(16)5-7-14/h4-7H,3,8-12H2,1-2H3. The van der Waals surface area contributed by atoms with E-state index in [4.69, 9.17) is 0 Å². The zero-order valence-corrected chi connectivity index (χ0v) is 15.8. The fraction of sp³-hybridized carbons (Fsp3) is 0.533. The minimum atomic E-state index is -3.48. The number of amides is 1. The van der Waals surface area contributed by atoms with Crippen LogP contribution in [0.1, 0.15) is 6.42 Å². The normalized spacial score (nSPS) is 17.7. The van der Waals surface area contributed by atoms with Crippen molar-refractivity contribution in [3.8, 4) is 0 Å². The molecule has 1 aromatic carbocycles. The number of likely N-dealkylation sites (N-methyl/N-ethyl adjacent to an activating group) is 1. The third kappa shape index (κ3) is 4.76. The molecule has 1 heterocycles. The Kier molecular flexibility index (Phi) is 6.19. The predicted molar refractivity (Wildman–Crippen MR) is 92.7 cm³/mol. The number of carbonyl (C=O) groups is 1. The molecule has 1 aromatic rings. The number of sulfonamides is 1. The Morgan fingerprint density at radius 1 is 1.13 bits per heavy atom. The molecule has 2 rings (SSSR count). The molecule has 23 heavy (non-hydrogen) atoms. The Balaban J connectivity index is 2.05. The highest BCUT2D eigenvalue weighted by atomic mass is 79.9. The average Bonchev–Trinajstić information content (AvgIpc) is 2.73. The van der Waals surface area contributed by atoms with Gasteiger partial charge in [0.25, 0.3) is 0 Å². The van der Waals surface area contributed by atoms with Crippen LogP contribution in [0.4, 0.5) is 0 Å². The second kappa shape index (κ2) is 7.74. The fourth-order valence-corrected chi connectivity index (χ4v) is 4.17. The first-order valence-electron chi connectivity index (χ1n) is 7.49. The third-order valence-corrected chi connectivity index (χ3v) is 6.30. The van der Waals surface area contributed by atoms with E-state index in [-0.39, 0.29) is 5.91 Å². The van der Waals surface area contributed by atoms with Crippen molar-refractivity contribution in [1.29, 1.82) is 0 Å². The average molecular weight is 404 g/mol. The molecule has 0 unspecified atom stereocenters. The van der Waals surface area contributed by atoms with Crippen LogP contribution in [0.25, 0.3) is 0 Å². The van der Waals surface area contributed by atoms with Crippen LogP contribution in [0.2, 0.25) is 0 Å². The maximum absolute atomic E-state index is 12.7. The van der Waals surface area contributed by atoms with Gasteiger partial charge in [-0.1, -0.05) is 15.9 Å². The number of carbonyl (C=O) groups excluding carboxylic acids is 1. The molecule has 0 atom stereocenters. The Morgan fingerprint density at radius 3 is 2.39 bits per heavy atom. The minimum absolute atomic E-state index is 0.0363. The zero-order valence-electron chi connectivity index (χ0n) is 13.4. The lowest BCUT2D eigenvalue weighted by Gasteiger charge is -2.22. The number of hydrogen-bond donors (Lipinski definition) is 0. The van der Waals surface area contributed by atoms with Gasteiger partial charge in [-0.15, -0.1) is 0 Å². The van der Waals surface area contributed by atoms with Crippen molar-refractivity contribution in [2.75, 3.05) is 46.8 Å². The summed E-state index contributed by atoms with van der Waals surface area (Å²) < 4.78 is 27.8. The maximum Gasteiger partial charge on any atom is 0.243 e. The summed E-state index contributed by atoms with van der Waals surface area (Å²) in [5, 5.41) is 0. The number of rotatable bonds is 4. The van der Waals surface area contributed by atoms with E-state index in [0.717, 1.165) is 17.4 Å². The number of benzene rings is 1. The van der Waals surface area contributed by atoms with Crippen LogP contribution in [-0.4, -0.2) is 75.2 Å². The highest BCUT2D eigenvalue weighted by Gasteiger charge is 2.27. The van der Waals surface area contributed by atoms with Gasteiger partial charge in [0, 0.05) is 38.2 Å². The zero-order chi connectivity index (χ0) is 17.0. The minimum Gasteiger partial charge on any atom is -0.348 e. The summed E-state index contributed by atoms with van der Waals surface area (Å²) in [4.78, 5) is 15.7. The molecule has 0 spiro atoms. The van der Waals surface area contributed by atoms with E-state index in [2.05, 4.69) is 15.9 Å². The molecule has 1 aliphatic rings. The molecule has 1 saturated heterocycles. The first-order valence-corrected chi connectivity index (χ1v) is 9.72. The van der Waals surface area contributed by atoms with E-state index in [9.17, 15) is 13.2 Å². The van der Waals surface area contributed by atoms with Gasteiger partial charge in [-0.05, 0) is 37.2 Å². The van der Waals surface area contributed by atoms with Gasteiger partial charge in [-0.25, -0.2) is 8.42 Å². The molecule has 0 bridgehead atoms. The number of nitrogens with zero attached hydrogens (tertiary/aromatic N) is 3. The molecule has 0 radical (unpaired) electrons. The number of hydrogen-bond acceptors (Lipinski definition) is 4. The highest BCUT2D eigenvalue weighted by Crippen LogP contribution is 2.20. The largest absolute Gasteiger partial charge is 0.348 e. The van der Waals surface area contributed by atoms with Crippen LogP contribution in [-0.2, 0) is 14.8 Å². The Bertz CT molecular complexity index is 646. The van der Waals surface area contributed by atoms with Gasteiger partial charge in [-0.3, -0.25) is 9.69 Å². The highest BCUT2D eigenvalue weighted by molar-refractivity contribution is 9.10. The van der Waals surface area contributed by atoms with Gasteiger partial charge in [-0.2, -0.15) is 4.31 Å². The van der Waals surface area contributed by atoms with Gasteiger partial charge >= 0.3 is 0 Å². The number of halogens is 1. The molecule has 0 aliphatic carbocycles. The molecule has 128 valence electrons. The summed E-state index contributed by atoms with van der Waals surface area (Å²) in [6, 6.07) is 6.68. The quantitative estimate of drug-likeness (QED) is 0.758. The predicted octanol–water partition coefficient (Wildman–Crippen LogP) is 1.23. The van der Waals surface area contributed by atoms with Crippen molar-refractivity contribution in [2.24, 2.45) is 0 Å². The molecule has 1 amide bonds. The van der Waals surface area contributed by atoms with Crippen LogP contribution in [0.5, 0.6) is 0 Å². The summed E-state index contributed by atoms with van der Waals surface area (Å²) in [6.45, 7) is 2.50. The fourth-order valence-electron chi connectivity index (χ4n) is 2.43. The van der Waals surface area contributed by atoms with E-state index in [1.165, 1.54) is 4.31 Å². The SMILES string of the molecule is CN(C)C(=O)CN1CCCN(S(=O)(=O)c2ccc(Br)cc2)CC1. The second-order valence-electron chi connectivity index (χ2n) is 5.78. The maximum atomic E-state index is 12.7. The van der Waals surface area contributed by atoms with Crippen molar-refractivity contribution in [3.05, 3.63) is 28.7 Å². The molecular weight excluding hydrogens is 382 g/mol. The van der Waals surface area contributed by atoms with Crippen molar-refractivity contribution >= 4 is 31.9 Å². The smallest absolute Gasteiger partial charge is 0.243 e. The van der Waals surface area contributed by atoms with Gasteiger partial charge in [0.05, 0.1) is 11.4 Å². The lowest BCUT2D eigenvalue weighted by molar-refractivity contribution is -0.129. The first-order chi connectivity index (χ1) is 10.8. The summed E-state index contributed by atoms with van der Waals surface area (Å²) in [5.41, 5.74) is 0. The van der Waals surface area contributed by atoms with E-state index >= 15 is 0 Å². The van der Waals surface area contributed by atoms with E-state index in [1.807, 2.05) is 4.90 Å². The van der Waals surface area contributed by atoms with Crippen LogP contribution in [0.15, 0.2) is 33.6 Å². The second-order valence-corrected chi connectivity index (χ2v) is 8.63. The van der Waals surface area contributed by atoms with Gasteiger partial charge in [0.15, 0.2) is 0 Å². The van der Waals surface area contributed by atoms with Crippen molar-refractivity contribution in [2.45, 2.75) is 11.3 Å². The lowest BCUT2D eigenvalue weighted by atomic mass is 10.4. The summed E-state index contributed by atoms with van der Waals surface area (Å²) in [7, 11) is -0.0266. The van der Waals surface area contributed by atoms with E-state index in [1.54, 1.807) is 43.3 Å². The third-order valence-electron chi connectivity index (χ3n) is 3.86. The summed E-state index contributed by atoms with van der Waals surface area (Å²) >= 11 is 3.31. The van der Waals surface area contributed by atoms with Gasteiger partial charge < -0.3 is 4.90 Å². The Labute approximate surface area is 146 Å².